The summed E-state index contributed by atoms with van der Waals surface area (Å²) in [5.74, 6) is -0.625. The molecule has 1 aliphatic rings. The highest BCUT2D eigenvalue weighted by atomic mass is 16.6. The molecule has 2 N–H and O–H groups in total. The lowest BCUT2D eigenvalue weighted by Crippen LogP contribution is -2.41. The molecule has 1 aliphatic heterocycles. The van der Waals surface area contributed by atoms with Gasteiger partial charge < -0.3 is 25.0 Å². The Morgan fingerprint density at radius 1 is 1.19 bits per heavy atom. The number of morpholine rings is 1. The summed E-state index contributed by atoms with van der Waals surface area (Å²) in [4.78, 5) is 38.3. The Morgan fingerprint density at radius 3 is 2.62 bits per heavy atom. The van der Waals surface area contributed by atoms with E-state index in [-0.39, 0.29) is 17.2 Å². The summed E-state index contributed by atoms with van der Waals surface area (Å²) in [6.07, 6.45) is 0. The number of nitro groups is 1. The first-order chi connectivity index (χ1) is 15.4. The van der Waals surface area contributed by atoms with Gasteiger partial charge in [0.2, 0.25) is 0 Å². The van der Waals surface area contributed by atoms with Gasteiger partial charge in [0.25, 0.3) is 17.5 Å². The molecule has 32 heavy (non-hydrogen) atoms. The number of ether oxygens (including phenoxy) is 2. The standard InChI is InChI=1S/C22H26N4O6/c1-15-17(22(28)25-9-12-32-13-10-25)4-3-5-18(15)24-21(27)16-6-7-19(23-8-11-31-2)20(14-16)26(29)30/h3-7,14,23H,8-13H2,1-2H3,(H,24,27). The van der Waals surface area contributed by atoms with E-state index in [1.807, 2.05) is 0 Å². The van der Waals surface area contributed by atoms with Crippen LogP contribution in [0.1, 0.15) is 26.3 Å². The normalized spacial score (nSPS) is 13.5. The van der Waals surface area contributed by atoms with Gasteiger partial charge in [-0.2, -0.15) is 0 Å². The molecule has 10 nitrogen and oxygen atoms in total. The van der Waals surface area contributed by atoms with Gasteiger partial charge >= 0.3 is 0 Å². The summed E-state index contributed by atoms with van der Waals surface area (Å²) in [6.45, 7) is 4.57. The van der Waals surface area contributed by atoms with Gasteiger partial charge in [0.05, 0.1) is 24.7 Å². The second-order valence-electron chi connectivity index (χ2n) is 7.25. The first-order valence-electron chi connectivity index (χ1n) is 10.2. The number of anilines is 2. The Labute approximate surface area is 185 Å². The molecule has 0 saturated carbocycles. The largest absolute Gasteiger partial charge is 0.383 e. The van der Waals surface area contributed by atoms with Gasteiger partial charge in [0.15, 0.2) is 0 Å². The number of nitrogens with one attached hydrogen (secondary N) is 2. The van der Waals surface area contributed by atoms with E-state index < -0.39 is 10.8 Å². The Morgan fingerprint density at radius 2 is 1.94 bits per heavy atom. The first kappa shape index (κ1) is 23.2. The number of hydrogen-bond acceptors (Lipinski definition) is 7. The minimum Gasteiger partial charge on any atom is -0.383 e. The molecule has 0 aromatic heterocycles. The number of methoxy groups -OCH3 is 1. The number of nitrogens with zero attached hydrogens (tertiary/aromatic N) is 2. The maximum Gasteiger partial charge on any atom is 0.293 e. The van der Waals surface area contributed by atoms with Crippen molar-refractivity contribution in [2.24, 2.45) is 0 Å². The van der Waals surface area contributed by atoms with Crippen LogP contribution in [-0.2, 0) is 9.47 Å². The van der Waals surface area contributed by atoms with Crippen LogP contribution in [0.2, 0.25) is 0 Å². The predicted molar refractivity (Wildman–Crippen MR) is 119 cm³/mol. The fourth-order valence-electron chi connectivity index (χ4n) is 3.40. The molecule has 2 aromatic rings. The lowest BCUT2D eigenvalue weighted by atomic mass is 10.0. The second kappa shape index (κ2) is 10.7. The van der Waals surface area contributed by atoms with Gasteiger partial charge in [-0.25, -0.2) is 0 Å². The monoisotopic (exact) mass is 442 g/mol. The molecule has 170 valence electrons. The third-order valence-corrected chi connectivity index (χ3v) is 5.19. The van der Waals surface area contributed by atoms with Crippen LogP contribution in [-0.4, -0.2) is 68.2 Å². The molecule has 1 saturated heterocycles. The lowest BCUT2D eigenvalue weighted by Gasteiger charge is -2.27. The maximum atomic E-state index is 12.9. The molecule has 0 aliphatic carbocycles. The Balaban J connectivity index is 1.79. The van der Waals surface area contributed by atoms with Gasteiger partial charge in [-0.05, 0) is 36.8 Å². The fraction of sp³-hybridized carbons (Fsp3) is 0.364. The lowest BCUT2D eigenvalue weighted by molar-refractivity contribution is -0.384. The molecule has 2 aromatic carbocycles. The summed E-state index contributed by atoms with van der Waals surface area (Å²) in [7, 11) is 1.54. The van der Waals surface area contributed by atoms with Crippen LogP contribution in [0.4, 0.5) is 17.1 Å². The summed E-state index contributed by atoms with van der Waals surface area (Å²) in [5, 5.41) is 17.2. The van der Waals surface area contributed by atoms with Crippen LogP contribution in [0.15, 0.2) is 36.4 Å². The van der Waals surface area contributed by atoms with Crippen LogP contribution in [0.3, 0.4) is 0 Å². The Bertz CT molecular complexity index is 1000. The highest BCUT2D eigenvalue weighted by molar-refractivity contribution is 6.06. The van der Waals surface area contributed by atoms with Crippen molar-refractivity contribution in [2.45, 2.75) is 6.92 Å². The smallest absolute Gasteiger partial charge is 0.293 e. The van der Waals surface area contributed by atoms with Crippen LogP contribution >= 0.6 is 0 Å². The number of rotatable bonds is 8. The van der Waals surface area contributed by atoms with E-state index in [1.165, 1.54) is 25.3 Å². The third kappa shape index (κ3) is 5.40. The number of carbonyl (C=O) groups excluding carboxylic acids is 2. The molecule has 3 rings (SSSR count). The molecule has 2 amide bonds. The zero-order valence-corrected chi connectivity index (χ0v) is 18.1. The van der Waals surface area contributed by atoms with E-state index in [0.717, 1.165) is 0 Å². The van der Waals surface area contributed by atoms with Crippen molar-refractivity contribution in [2.75, 3.05) is 57.2 Å². The number of benzene rings is 2. The molecule has 0 bridgehead atoms. The average molecular weight is 442 g/mol. The summed E-state index contributed by atoms with van der Waals surface area (Å²) >= 11 is 0. The van der Waals surface area contributed by atoms with Crippen molar-refractivity contribution in [1.82, 2.24) is 4.90 Å². The average Bonchev–Trinajstić information content (AvgIpc) is 2.80. The van der Waals surface area contributed by atoms with Crippen molar-refractivity contribution >= 4 is 28.9 Å². The molecule has 1 fully saturated rings. The quantitative estimate of drug-likeness (QED) is 0.366. The fourth-order valence-corrected chi connectivity index (χ4v) is 3.40. The van der Waals surface area contributed by atoms with E-state index >= 15 is 0 Å². The van der Waals surface area contributed by atoms with E-state index in [0.29, 0.717) is 62.0 Å². The molecule has 1 heterocycles. The van der Waals surface area contributed by atoms with Crippen molar-refractivity contribution < 1.29 is 24.0 Å². The van der Waals surface area contributed by atoms with E-state index in [4.69, 9.17) is 9.47 Å². The minimum atomic E-state index is -0.543. The van der Waals surface area contributed by atoms with Crippen LogP contribution in [0.5, 0.6) is 0 Å². The van der Waals surface area contributed by atoms with Crippen molar-refractivity contribution in [1.29, 1.82) is 0 Å². The highest BCUT2D eigenvalue weighted by Gasteiger charge is 2.22. The van der Waals surface area contributed by atoms with E-state index in [1.54, 1.807) is 30.0 Å². The van der Waals surface area contributed by atoms with Gasteiger partial charge in [0, 0.05) is 49.6 Å². The number of hydrogen-bond donors (Lipinski definition) is 2. The van der Waals surface area contributed by atoms with Crippen LogP contribution in [0.25, 0.3) is 0 Å². The second-order valence-corrected chi connectivity index (χ2v) is 7.25. The maximum absolute atomic E-state index is 12.9. The zero-order chi connectivity index (χ0) is 23.1. The van der Waals surface area contributed by atoms with Gasteiger partial charge in [-0.1, -0.05) is 6.07 Å². The highest BCUT2D eigenvalue weighted by Crippen LogP contribution is 2.27. The van der Waals surface area contributed by atoms with Gasteiger partial charge in [-0.3, -0.25) is 19.7 Å². The van der Waals surface area contributed by atoms with E-state index in [2.05, 4.69) is 10.6 Å². The van der Waals surface area contributed by atoms with Crippen molar-refractivity contribution in [3.63, 3.8) is 0 Å². The first-order valence-corrected chi connectivity index (χ1v) is 10.2. The number of amides is 2. The van der Waals surface area contributed by atoms with Gasteiger partial charge in [-0.15, -0.1) is 0 Å². The number of nitro benzene ring substituents is 1. The third-order valence-electron chi connectivity index (χ3n) is 5.19. The Hall–Kier alpha value is -3.50. The summed E-state index contributed by atoms with van der Waals surface area (Å²) in [5.41, 5.74) is 1.83. The SMILES string of the molecule is COCCNc1ccc(C(=O)Nc2cccc(C(=O)N3CCOCC3)c2C)cc1[N+](=O)[O-]. The molecular formula is C22H26N4O6. The van der Waals surface area contributed by atoms with Crippen molar-refractivity contribution in [3.05, 3.63) is 63.2 Å². The number of carbonyl (C=O) groups is 2. The summed E-state index contributed by atoms with van der Waals surface area (Å²) in [6, 6.07) is 9.33. The molecule has 10 heteroatoms. The van der Waals surface area contributed by atoms with E-state index in [9.17, 15) is 19.7 Å². The molecule has 0 spiro atoms. The van der Waals surface area contributed by atoms with Crippen LogP contribution < -0.4 is 10.6 Å². The predicted octanol–water partition coefficient (Wildman–Crippen LogP) is 2.69. The minimum absolute atomic E-state index is 0.121. The van der Waals surface area contributed by atoms with Gasteiger partial charge in [0.1, 0.15) is 5.69 Å². The van der Waals surface area contributed by atoms with Crippen molar-refractivity contribution in [3.8, 4) is 0 Å². The molecule has 0 radical (unpaired) electrons. The molecule has 0 atom stereocenters. The molecule has 0 unspecified atom stereocenters. The Kier molecular flexibility index (Phi) is 7.74. The van der Waals surface area contributed by atoms with Crippen LogP contribution in [0, 0.1) is 17.0 Å². The molecular weight excluding hydrogens is 416 g/mol. The topological polar surface area (TPSA) is 123 Å². The zero-order valence-electron chi connectivity index (χ0n) is 18.1. The summed E-state index contributed by atoms with van der Waals surface area (Å²) < 4.78 is 10.2.